The van der Waals surface area contributed by atoms with E-state index in [1.165, 1.54) is 0 Å². The largest absolute Gasteiger partial charge is 0.481 e. The normalized spacial score (nSPS) is 13.3. The molecule has 0 saturated carbocycles. The van der Waals surface area contributed by atoms with Gasteiger partial charge in [0.25, 0.3) is 0 Å². The van der Waals surface area contributed by atoms with Gasteiger partial charge in [0.1, 0.15) is 5.52 Å². The minimum absolute atomic E-state index is 0.0453. The minimum Gasteiger partial charge on any atom is -0.481 e. The Morgan fingerprint density at radius 1 is 1.48 bits per heavy atom. The summed E-state index contributed by atoms with van der Waals surface area (Å²) in [6, 6.07) is 2.00. The van der Waals surface area contributed by atoms with Crippen LogP contribution in [0.5, 0.6) is 0 Å². The molecule has 0 bridgehead atoms. The minimum atomic E-state index is -0.791. The van der Waals surface area contributed by atoms with Crippen molar-refractivity contribution in [3.8, 4) is 0 Å². The molecule has 0 aliphatic carbocycles. The van der Waals surface area contributed by atoms with Gasteiger partial charge in [-0.3, -0.25) is 4.79 Å². The Morgan fingerprint density at radius 3 is 2.76 bits per heavy atom. The van der Waals surface area contributed by atoms with Gasteiger partial charge in [0.2, 0.25) is 0 Å². The van der Waals surface area contributed by atoms with Crippen LogP contribution in [0.4, 0.5) is 5.82 Å². The van der Waals surface area contributed by atoms with Crippen LogP contribution in [0.3, 0.4) is 0 Å². The second-order valence-electron chi connectivity index (χ2n) is 6.21. The number of carbonyl (C=O) groups is 1. The molecule has 114 valence electrons. The van der Waals surface area contributed by atoms with Crippen molar-refractivity contribution in [2.75, 3.05) is 11.9 Å². The molecule has 2 heterocycles. The van der Waals surface area contributed by atoms with Crippen LogP contribution >= 0.6 is 0 Å². The van der Waals surface area contributed by atoms with E-state index in [0.717, 1.165) is 11.2 Å². The van der Waals surface area contributed by atoms with Gasteiger partial charge < -0.3 is 10.4 Å². The molecule has 2 aromatic heterocycles. The average Bonchev–Trinajstić information content (AvgIpc) is 2.83. The Hall–Kier alpha value is -2.11. The fourth-order valence-corrected chi connectivity index (χ4v) is 2.05. The zero-order valence-corrected chi connectivity index (χ0v) is 12.9. The number of aromatic nitrogens is 3. The maximum Gasteiger partial charge on any atom is 0.308 e. The number of nitrogens with one attached hydrogen (secondary N) is 1. The molecule has 0 aliphatic rings. The first-order valence-electron chi connectivity index (χ1n) is 7.14. The number of carboxylic acids is 1. The lowest BCUT2D eigenvalue weighted by molar-refractivity contribution is -0.141. The first kappa shape index (κ1) is 15.3. The van der Waals surface area contributed by atoms with Crippen molar-refractivity contribution in [2.24, 2.45) is 5.92 Å². The van der Waals surface area contributed by atoms with Gasteiger partial charge >= 0.3 is 5.97 Å². The van der Waals surface area contributed by atoms with Crippen molar-refractivity contribution >= 4 is 17.3 Å². The third-order valence-corrected chi connectivity index (χ3v) is 3.52. The fourth-order valence-electron chi connectivity index (χ4n) is 2.05. The highest BCUT2D eigenvalue weighted by molar-refractivity contribution is 5.72. The molecule has 0 saturated heterocycles. The third-order valence-electron chi connectivity index (χ3n) is 3.52. The van der Waals surface area contributed by atoms with Crippen LogP contribution in [0.2, 0.25) is 0 Å². The zero-order chi connectivity index (χ0) is 15.6. The van der Waals surface area contributed by atoms with E-state index in [2.05, 4.69) is 36.2 Å². The molecule has 0 amide bonds. The molecule has 0 spiro atoms. The van der Waals surface area contributed by atoms with Gasteiger partial charge in [0.05, 0.1) is 11.6 Å². The quantitative estimate of drug-likeness (QED) is 0.884. The molecule has 6 heteroatoms. The number of hydrogen-bond donors (Lipinski definition) is 2. The van der Waals surface area contributed by atoms with Gasteiger partial charge in [-0.05, 0) is 12.5 Å². The summed E-state index contributed by atoms with van der Waals surface area (Å²) in [7, 11) is 0. The first-order chi connectivity index (χ1) is 9.82. The summed E-state index contributed by atoms with van der Waals surface area (Å²) < 4.78 is 1.78. The van der Waals surface area contributed by atoms with Crippen molar-refractivity contribution in [2.45, 2.75) is 39.5 Å². The van der Waals surface area contributed by atoms with Crippen molar-refractivity contribution in [3.05, 3.63) is 24.2 Å². The van der Waals surface area contributed by atoms with Crippen LogP contribution in [0, 0.1) is 5.92 Å². The van der Waals surface area contributed by atoms with Gasteiger partial charge in [0, 0.05) is 24.4 Å². The number of fused-ring (bicyclic) bond motifs is 1. The Morgan fingerprint density at radius 2 is 2.19 bits per heavy atom. The van der Waals surface area contributed by atoms with Crippen LogP contribution in [0.25, 0.3) is 5.52 Å². The topological polar surface area (TPSA) is 79.5 Å². The Balaban J connectivity index is 2.28. The Kier molecular flexibility index (Phi) is 4.16. The molecule has 2 N–H and O–H groups in total. The van der Waals surface area contributed by atoms with Crippen LogP contribution in [-0.2, 0) is 10.2 Å². The van der Waals surface area contributed by atoms with E-state index >= 15 is 0 Å². The number of hydrogen-bond acceptors (Lipinski definition) is 4. The van der Waals surface area contributed by atoms with Gasteiger partial charge in [-0.15, -0.1) is 0 Å². The number of anilines is 1. The lowest BCUT2D eigenvalue weighted by Crippen LogP contribution is -2.22. The molecule has 0 fully saturated rings. The van der Waals surface area contributed by atoms with E-state index in [1.54, 1.807) is 16.9 Å². The van der Waals surface area contributed by atoms with Crippen molar-refractivity contribution < 1.29 is 9.90 Å². The first-order valence-corrected chi connectivity index (χ1v) is 7.14. The fraction of sp³-hybridized carbons (Fsp3) is 0.533. The van der Waals surface area contributed by atoms with Crippen LogP contribution in [0.1, 0.15) is 39.8 Å². The molecule has 1 unspecified atom stereocenters. The van der Waals surface area contributed by atoms with Crippen molar-refractivity contribution in [1.29, 1.82) is 0 Å². The lowest BCUT2D eigenvalue weighted by Gasteiger charge is -2.13. The van der Waals surface area contributed by atoms with Crippen molar-refractivity contribution in [1.82, 2.24) is 14.6 Å². The number of aliphatic carboxylic acids is 1. The predicted molar refractivity (Wildman–Crippen MR) is 81.6 cm³/mol. The van der Waals surface area contributed by atoms with E-state index in [0.29, 0.717) is 18.8 Å². The van der Waals surface area contributed by atoms with E-state index in [4.69, 9.17) is 5.11 Å². The Labute approximate surface area is 124 Å². The third kappa shape index (κ3) is 3.32. The molecule has 0 radical (unpaired) electrons. The monoisotopic (exact) mass is 290 g/mol. The summed E-state index contributed by atoms with van der Waals surface area (Å²) in [6.07, 6.45) is 4.04. The highest BCUT2D eigenvalue weighted by atomic mass is 16.4. The van der Waals surface area contributed by atoms with Crippen LogP contribution < -0.4 is 5.32 Å². The van der Waals surface area contributed by atoms with Crippen LogP contribution in [-0.4, -0.2) is 32.2 Å². The highest BCUT2D eigenvalue weighted by Crippen LogP contribution is 2.24. The molecule has 1 atom stereocenters. The van der Waals surface area contributed by atoms with E-state index in [1.807, 2.05) is 13.0 Å². The molecule has 0 aliphatic heterocycles. The van der Waals surface area contributed by atoms with Crippen LogP contribution in [0.15, 0.2) is 18.5 Å². The molecule has 2 rings (SSSR count). The highest BCUT2D eigenvalue weighted by Gasteiger charge is 2.20. The van der Waals surface area contributed by atoms with E-state index < -0.39 is 11.9 Å². The second kappa shape index (κ2) is 5.71. The second-order valence-corrected chi connectivity index (χ2v) is 6.21. The molecule has 0 aromatic carbocycles. The van der Waals surface area contributed by atoms with E-state index in [-0.39, 0.29) is 5.41 Å². The summed E-state index contributed by atoms with van der Waals surface area (Å²) >= 11 is 0. The van der Waals surface area contributed by atoms with Gasteiger partial charge in [-0.25, -0.2) is 9.50 Å². The SMILES string of the molecule is CCC(CNc1nccn2nc(C(C)(C)C)cc12)C(=O)O. The zero-order valence-electron chi connectivity index (χ0n) is 12.9. The molecule has 2 aromatic rings. The summed E-state index contributed by atoms with van der Waals surface area (Å²) in [6.45, 7) is 8.53. The molecule has 21 heavy (non-hydrogen) atoms. The number of nitrogens with zero attached hydrogens (tertiary/aromatic N) is 3. The number of carboxylic acid groups (broad SMARTS) is 1. The molecular formula is C15H22N4O2. The average molecular weight is 290 g/mol. The van der Waals surface area contributed by atoms with Gasteiger partial charge in [-0.1, -0.05) is 27.7 Å². The number of rotatable bonds is 5. The van der Waals surface area contributed by atoms with Gasteiger partial charge in [-0.2, -0.15) is 5.10 Å². The van der Waals surface area contributed by atoms with Crippen molar-refractivity contribution in [3.63, 3.8) is 0 Å². The van der Waals surface area contributed by atoms with Gasteiger partial charge in [0.15, 0.2) is 5.82 Å². The van der Waals surface area contributed by atoms with E-state index in [9.17, 15) is 4.79 Å². The molecule has 6 nitrogen and oxygen atoms in total. The summed E-state index contributed by atoms with van der Waals surface area (Å²) in [5.41, 5.74) is 1.79. The summed E-state index contributed by atoms with van der Waals surface area (Å²) in [5, 5.41) is 16.8. The smallest absolute Gasteiger partial charge is 0.308 e. The Bertz CT molecular complexity index is 643. The standard InChI is InChI=1S/C15H22N4O2/c1-5-10(14(20)21)9-17-13-11-8-12(15(2,3)4)18-19(11)7-6-16-13/h6-8,10H,5,9H2,1-4H3,(H,16,17)(H,20,21). The lowest BCUT2D eigenvalue weighted by atomic mass is 9.92. The maximum absolute atomic E-state index is 11.1. The molecular weight excluding hydrogens is 268 g/mol. The predicted octanol–water partition coefficient (Wildman–Crippen LogP) is 2.55. The summed E-state index contributed by atoms with van der Waals surface area (Å²) in [4.78, 5) is 15.4. The summed E-state index contributed by atoms with van der Waals surface area (Å²) in [5.74, 6) is -0.543. The maximum atomic E-state index is 11.1.